The van der Waals surface area contributed by atoms with Crippen LogP contribution in [0.5, 0.6) is 11.6 Å². The van der Waals surface area contributed by atoms with Gasteiger partial charge < -0.3 is 30.0 Å². The molecule has 3 aromatic rings. The van der Waals surface area contributed by atoms with Crippen molar-refractivity contribution in [1.29, 1.82) is 0 Å². The second-order valence-electron chi connectivity index (χ2n) is 9.94. The first-order valence-electron chi connectivity index (χ1n) is 12.4. The maximum absolute atomic E-state index is 14.8. The lowest BCUT2D eigenvalue weighted by atomic mass is 9.68. The molecule has 3 aliphatic heterocycles. The number of hydrogen-bond donors (Lipinski definition) is 3. The third kappa shape index (κ3) is 4.12. The topological polar surface area (TPSA) is 111 Å². The number of fused-ring (bicyclic) bond motifs is 5. The average Bonchev–Trinajstić information content (AvgIpc) is 2.94. The lowest BCUT2D eigenvalue weighted by Crippen LogP contribution is -2.65. The summed E-state index contributed by atoms with van der Waals surface area (Å²) in [4.78, 5) is 13.2. The van der Waals surface area contributed by atoms with Crippen molar-refractivity contribution in [3.63, 3.8) is 0 Å². The van der Waals surface area contributed by atoms with Crippen LogP contribution in [0.4, 0.5) is 10.2 Å². The largest absolute Gasteiger partial charge is 0.488 e. The molecule has 3 N–H and O–H groups in total. The predicted octanol–water partition coefficient (Wildman–Crippen LogP) is 2.75. The van der Waals surface area contributed by atoms with Crippen molar-refractivity contribution in [2.75, 3.05) is 32.2 Å². The highest BCUT2D eigenvalue weighted by Crippen LogP contribution is 2.46. The van der Waals surface area contributed by atoms with Gasteiger partial charge in [-0.25, -0.2) is 14.4 Å². The molecule has 36 heavy (non-hydrogen) atoms. The molecular weight excluding hydrogens is 465 g/mol. The molecule has 0 aromatic carbocycles. The lowest BCUT2D eigenvalue weighted by Gasteiger charge is -2.55. The molecule has 1 saturated carbocycles. The number of aromatic nitrogens is 3. The molecule has 6 heterocycles. The summed E-state index contributed by atoms with van der Waals surface area (Å²) in [5, 5.41) is 18.2. The van der Waals surface area contributed by atoms with Crippen LogP contribution in [-0.2, 0) is 17.7 Å². The van der Waals surface area contributed by atoms with E-state index in [-0.39, 0.29) is 12.0 Å². The number of hydrogen-bond acceptors (Lipinski definition) is 9. The first-order valence-corrected chi connectivity index (χ1v) is 12.4. The fraction of sp³-hybridized carbons (Fsp3) is 0.500. The molecule has 7 rings (SSSR count). The van der Waals surface area contributed by atoms with Crippen molar-refractivity contribution in [3.05, 3.63) is 47.5 Å². The van der Waals surface area contributed by atoms with Crippen LogP contribution in [0.3, 0.4) is 0 Å². The van der Waals surface area contributed by atoms with E-state index in [0.29, 0.717) is 55.1 Å². The van der Waals surface area contributed by atoms with E-state index in [1.807, 2.05) is 12.1 Å². The van der Waals surface area contributed by atoms with Gasteiger partial charge in [0.1, 0.15) is 12.4 Å². The summed E-state index contributed by atoms with van der Waals surface area (Å²) in [7, 11) is 1.51. The van der Waals surface area contributed by atoms with E-state index >= 15 is 0 Å². The molecule has 0 radical (unpaired) electrons. The molecular formula is C26H30FN5O4. The summed E-state index contributed by atoms with van der Waals surface area (Å²) in [6.45, 7) is 2.51. The molecule has 0 spiro atoms. The Kier molecular flexibility index (Phi) is 5.89. The highest BCUT2D eigenvalue weighted by atomic mass is 19.1. The third-order valence-electron chi connectivity index (χ3n) is 7.86. The number of anilines is 1. The number of aliphatic hydroxyl groups excluding tert-OH is 1. The molecule has 1 aliphatic carbocycles. The molecule has 1 atom stereocenters. The van der Waals surface area contributed by atoms with Gasteiger partial charge >= 0.3 is 0 Å². The number of ether oxygens (including phenoxy) is 3. The zero-order chi connectivity index (χ0) is 24.8. The quantitative estimate of drug-likeness (QED) is 0.456. The van der Waals surface area contributed by atoms with E-state index in [1.165, 1.54) is 13.3 Å². The molecule has 0 amide bonds. The summed E-state index contributed by atoms with van der Waals surface area (Å²) in [6.07, 6.45) is 3.52. The molecule has 3 aromatic heterocycles. The van der Waals surface area contributed by atoms with Crippen molar-refractivity contribution < 1.29 is 23.7 Å². The van der Waals surface area contributed by atoms with E-state index in [2.05, 4.69) is 25.6 Å². The Balaban J connectivity index is 1.13. The van der Waals surface area contributed by atoms with Gasteiger partial charge in [-0.2, -0.15) is 0 Å². The van der Waals surface area contributed by atoms with Crippen LogP contribution in [0, 0.1) is 5.82 Å². The van der Waals surface area contributed by atoms with Crippen molar-refractivity contribution in [1.82, 2.24) is 20.3 Å². The van der Waals surface area contributed by atoms with E-state index in [4.69, 9.17) is 14.2 Å². The van der Waals surface area contributed by atoms with Crippen LogP contribution in [0.25, 0.3) is 11.0 Å². The van der Waals surface area contributed by atoms with Crippen molar-refractivity contribution in [2.45, 2.75) is 55.9 Å². The fourth-order valence-electron chi connectivity index (χ4n) is 5.58. The molecule has 3 fully saturated rings. The zero-order valence-electron chi connectivity index (χ0n) is 20.2. The number of methoxy groups -OCH3 is 1. The Morgan fingerprint density at radius 1 is 1.19 bits per heavy atom. The second kappa shape index (κ2) is 9.10. The SMILES string of the molecule is COc1ccc2ncc(F)c(CC(O)C34CCC(NCc5ccc6c(n5)NCCO6)(CC3)CO4)c2n1. The zero-order valence-corrected chi connectivity index (χ0v) is 20.2. The molecule has 2 bridgehead atoms. The Morgan fingerprint density at radius 3 is 2.83 bits per heavy atom. The molecule has 1 unspecified atom stereocenters. The van der Waals surface area contributed by atoms with Crippen LogP contribution >= 0.6 is 0 Å². The van der Waals surface area contributed by atoms with Crippen molar-refractivity contribution >= 4 is 16.9 Å². The van der Waals surface area contributed by atoms with E-state index in [0.717, 1.165) is 36.6 Å². The van der Waals surface area contributed by atoms with Crippen LogP contribution in [0.15, 0.2) is 30.5 Å². The molecule has 10 heteroatoms. The first kappa shape index (κ1) is 23.3. The van der Waals surface area contributed by atoms with Gasteiger partial charge in [0.05, 0.1) is 54.9 Å². The van der Waals surface area contributed by atoms with Gasteiger partial charge in [-0.05, 0) is 43.9 Å². The van der Waals surface area contributed by atoms with Gasteiger partial charge in [-0.3, -0.25) is 4.98 Å². The van der Waals surface area contributed by atoms with Crippen LogP contribution in [0.2, 0.25) is 0 Å². The van der Waals surface area contributed by atoms with Gasteiger partial charge in [-0.1, -0.05) is 0 Å². The Labute approximate surface area is 208 Å². The summed E-state index contributed by atoms with van der Waals surface area (Å²) >= 11 is 0. The maximum Gasteiger partial charge on any atom is 0.213 e. The maximum atomic E-state index is 14.8. The van der Waals surface area contributed by atoms with Crippen molar-refractivity contribution in [2.24, 2.45) is 0 Å². The van der Waals surface area contributed by atoms with E-state index in [9.17, 15) is 9.50 Å². The van der Waals surface area contributed by atoms with Crippen molar-refractivity contribution in [3.8, 4) is 11.6 Å². The standard InChI is InChI=1S/C26H30FN5O4/c1-34-22-5-3-19-23(32-22)17(18(27)14-29-19)12-21(33)26-8-6-25(7-9-26,15-36-26)30-13-16-2-4-20-24(31-16)28-10-11-35-20/h2-5,14,21,30,33H,6-13,15H2,1H3,(H,28,31). The summed E-state index contributed by atoms with van der Waals surface area (Å²) in [5.74, 6) is 1.46. The highest BCUT2D eigenvalue weighted by Gasteiger charge is 2.53. The number of rotatable bonds is 7. The Hall–Kier alpha value is -3.08. The van der Waals surface area contributed by atoms with E-state index in [1.54, 1.807) is 12.1 Å². The predicted molar refractivity (Wildman–Crippen MR) is 131 cm³/mol. The third-order valence-corrected chi connectivity index (χ3v) is 7.86. The number of nitrogens with one attached hydrogen (secondary N) is 2. The monoisotopic (exact) mass is 495 g/mol. The van der Waals surface area contributed by atoms with Gasteiger partial charge in [0.2, 0.25) is 5.88 Å². The Bertz CT molecular complexity index is 1260. The summed E-state index contributed by atoms with van der Waals surface area (Å²) < 4.78 is 32.0. The van der Waals surface area contributed by atoms with Crippen LogP contribution < -0.4 is 20.1 Å². The van der Waals surface area contributed by atoms with Gasteiger partial charge in [0.25, 0.3) is 0 Å². The highest BCUT2D eigenvalue weighted by molar-refractivity contribution is 5.78. The van der Waals surface area contributed by atoms with Gasteiger partial charge in [0, 0.05) is 30.1 Å². The summed E-state index contributed by atoms with van der Waals surface area (Å²) in [6, 6.07) is 7.36. The molecule has 2 saturated heterocycles. The van der Waals surface area contributed by atoms with Gasteiger partial charge in [-0.15, -0.1) is 0 Å². The molecule has 4 aliphatic rings. The first-order chi connectivity index (χ1) is 17.5. The van der Waals surface area contributed by atoms with Crippen LogP contribution in [-0.4, -0.2) is 64.2 Å². The average molecular weight is 496 g/mol. The van der Waals surface area contributed by atoms with E-state index < -0.39 is 17.5 Å². The second-order valence-corrected chi connectivity index (χ2v) is 9.94. The van der Waals surface area contributed by atoms with Gasteiger partial charge in [0.15, 0.2) is 11.6 Å². The number of pyridine rings is 3. The number of halogens is 1. The molecule has 190 valence electrons. The minimum atomic E-state index is -0.864. The minimum Gasteiger partial charge on any atom is -0.488 e. The smallest absolute Gasteiger partial charge is 0.213 e. The minimum absolute atomic E-state index is 0.0968. The van der Waals surface area contributed by atoms with Crippen LogP contribution in [0.1, 0.15) is 36.9 Å². The fourth-order valence-corrected chi connectivity index (χ4v) is 5.58. The summed E-state index contributed by atoms with van der Waals surface area (Å²) in [5.41, 5.74) is 1.38. The molecule has 9 nitrogen and oxygen atoms in total. The Morgan fingerprint density at radius 2 is 2.06 bits per heavy atom. The number of nitrogens with zero attached hydrogens (tertiary/aromatic N) is 3. The number of aliphatic hydroxyl groups is 1. The lowest BCUT2D eigenvalue weighted by molar-refractivity contribution is -0.208. The normalized spacial score (nSPS) is 25.6.